The van der Waals surface area contributed by atoms with E-state index < -0.39 is 5.82 Å². The summed E-state index contributed by atoms with van der Waals surface area (Å²) in [4.78, 5) is 0. The van der Waals surface area contributed by atoms with Crippen LogP contribution in [-0.4, -0.2) is 0 Å². The molecule has 1 aromatic carbocycles. The van der Waals surface area contributed by atoms with Crippen molar-refractivity contribution in [2.75, 3.05) is 0 Å². The normalized spacial score (nSPS) is 12.7. The van der Waals surface area contributed by atoms with Crippen molar-refractivity contribution >= 4 is 38.9 Å². The molecule has 0 aliphatic heterocycles. The third kappa shape index (κ3) is 3.10. The molecule has 0 bridgehead atoms. The summed E-state index contributed by atoms with van der Waals surface area (Å²) in [6, 6.07) is 6.69. The second-order valence-corrected chi connectivity index (χ2v) is 6.49. The average Bonchev–Trinajstić information content (AvgIpc) is 2.78. The molecule has 1 unspecified atom stereocenters. The van der Waals surface area contributed by atoms with Crippen LogP contribution in [0.2, 0.25) is 5.02 Å². The molecule has 0 fully saturated rings. The van der Waals surface area contributed by atoms with Crippen LogP contribution in [0.5, 0.6) is 0 Å². The maximum Gasteiger partial charge on any atom is 0.142 e. The Balaban J connectivity index is 2.23. The van der Waals surface area contributed by atoms with Crippen molar-refractivity contribution in [1.82, 2.24) is 5.43 Å². The van der Waals surface area contributed by atoms with Crippen molar-refractivity contribution in [3.05, 3.63) is 55.4 Å². The number of nitrogens with one attached hydrogen (secondary N) is 1. The second-order valence-electron chi connectivity index (χ2n) is 3.82. The molecule has 18 heavy (non-hydrogen) atoms. The van der Waals surface area contributed by atoms with Crippen LogP contribution in [0.15, 0.2) is 33.4 Å². The van der Waals surface area contributed by atoms with Crippen LogP contribution >= 0.6 is 38.9 Å². The lowest BCUT2D eigenvalue weighted by atomic mass is 10.0. The van der Waals surface area contributed by atoms with Crippen LogP contribution in [0.25, 0.3) is 0 Å². The molecule has 6 heteroatoms. The van der Waals surface area contributed by atoms with Crippen molar-refractivity contribution in [3.8, 4) is 0 Å². The Morgan fingerprint density at radius 2 is 2.28 bits per heavy atom. The molecule has 3 N–H and O–H groups in total. The predicted octanol–water partition coefficient (Wildman–Crippen LogP) is 4.05. The maximum absolute atomic E-state index is 13.4. The summed E-state index contributed by atoms with van der Waals surface area (Å²) in [5, 5.41) is 2.16. The fraction of sp³-hybridized carbons (Fsp3) is 0.167. The fourth-order valence-electron chi connectivity index (χ4n) is 1.71. The van der Waals surface area contributed by atoms with Crippen LogP contribution in [0.1, 0.15) is 17.2 Å². The van der Waals surface area contributed by atoms with E-state index in [-0.39, 0.29) is 11.1 Å². The molecule has 2 aromatic rings. The van der Waals surface area contributed by atoms with Gasteiger partial charge in [-0.25, -0.2) is 4.39 Å². The van der Waals surface area contributed by atoms with Crippen LogP contribution in [0.3, 0.4) is 0 Å². The molecule has 1 heterocycles. The van der Waals surface area contributed by atoms with Crippen molar-refractivity contribution in [1.29, 1.82) is 0 Å². The number of rotatable bonds is 4. The first-order valence-corrected chi connectivity index (χ1v) is 7.30. The lowest BCUT2D eigenvalue weighted by Crippen LogP contribution is -2.29. The molecule has 0 radical (unpaired) electrons. The molecule has 0 amide bonds. The zero-order valence-corrected chi connectivity index (χ0v) is 12.4. The molecule has 0 saturated carbocycles. The standard InChI is InChI=1S/C12H11BrClFN2S/c13-11-5-8(6-18-11)10(17-16)4-7-2-1-3-9(15)12(7)14/h1-3,5-6,10,17H,4,16H2. The van der Waals surface area contributed by atoms with Gasteiger partial charge in [0.2, 0.25) is 0 Å². The van der Waals surface area contributed by atoms with Gasteiger partial charge in [0, 0.05) is 0 Å². The number of thiophene rings is 1. The summed E-state index contributed by atoms with van der Waals surface area (Å²) < 4.78 is 14.4. The summed E-state index contributed by atoms with van der Waals surface area (Å²) in [5.41, 5.74) is 4.52. The summed E-state index contributed by atoms with van der Waals surface area (Å²) in [5.74, 6) is 5.15. The lowest BCUT2D eigenvalue weighted by Gasteiger charge is -2.15. The largest absolute Gasteiger partial charge is 0.271 e. The van der Waals surface area contributed by atoms with Gasteiger partial charge >= 0.3 is 0 Å². The van der Waals surface area contributed by atoms with Gasteiger partial charge in [-0.15, -0.1) is 11.3 Å². The highest BCUT2D eigenvalue weighted by molar-refractivity contribution is 9.11. The van der Waals surface area contributed by atoms with Gasteiger partial charge in [0.15, 0.2) is 0 Å². The summed E-state index contributed by atoms with van der Waals surface area (Å²) in [6.45, 7) is 0. The topological polar surface area (TPSA) is 38.0 Å². The third-order valence-electron chi connectivity index (χ3n) is 2.65. The Bertz CT molecular complexity index is 547. The van der Waals surface area contributed by atoms with Crippen molar-refractivity contribution in [2.45, 2.75) is 12.5 Å². The molecule has 0 spiro atoms. The van der Waals surface area contributed by atoms with Gasteiger partial charge in [-0.3, -0.25) is 11.3 Å². The van der Waals surface area contributed by atoms with Gasteiger partial charge in [0.1, 0.15) is 5.82 Å². The number of nitrogens with two attached hydrogens (primary N) is 1. The van der Waals surface area contributed by atoms with E-state index in [2.05, 4.69) is 21.4 Å². The van der Waals surface area contributed by atoms with E-state index in [1.165, 1.54) is 6.07 Å². The van der Waals surface area contributed by atoms with E-state index >= 15 is 0 Å². The summed E-state index contributed by atoms with van der Waals surface area (Å²) in [6.07, 6.45) is 0.538. The molecular formula is C12H11BrClFN2S. The molecule has 2 rings (SSSR count). The zero-order valence-electron chi connectivity index (χ0n) is 9.29. The van der Waals surface area contributed by atoms with E-state index in [9.17, 15) is 4.39 Å². The van der Waals surface area contributed by atoms with Crippen LogP contribution in [0.4, 0.5) is 4.39 Å². The van der Waals surface area contributed by atoms with E-state index in [1.54, 1.807) is 23.5 Å². The highest BCUT2D eigenvalue weighted by Gasteiger charge is 2.15. The molecule has 2 nitrogen and oxygen atoms in total. The number of hydrogen-bond donors (Lipinski definition) is 2. The lowest BCUT2D eigenvalue weighted by molar-refractivity contribution is 0.550. The third-order valence-corrected chi connectivity index (χ3v) is 4.59. The Kier molecular flexibility index (Phi) is 4.75. The minimum Gasteiger partial charge on any atom is -0.271 e. The molecule has 0 saturated heterocycles. The number of benzene rings is 1. The van der Waals surface area contributed by atoms with E-state index in [4.69, 9.17) is 17.4 Å². The smallest absolute Gasteiger partial charge is 0.142 e. The van der Waals surface area contributed by atoms with Gasteiger partial charge in [0.25, 0.3) is 0 Å². The average molecular weight is 350 g/mol. The predicted molar refractivity (Wildman–Crippen MR) is 77.2 cm³/mol. The first kappa shape index (κ1) is 14.0. The monoisotopic (exact) mass is 348 g/mol. The molecule has 0 aliphatic rings. The van der Waals surface area contributed by atoms with Crippen LogP contribution in [-0.2, 0) is 6.42 Å². The first-order valence-electron chi connectivity index (χ1n) is 5.24. The Hall–Kier alpha value is -0.460. The summed E-state index contributed by atoms with van der Waals surface area (Å²) in [7, 11) is 0. The highest BCUT2D eigenvalue weighted by Crippen LogP contribution is 2.29. The molecule has 1 aromatic heterocycles. The van der Waals surface area contributed by atoms with Gasteiger partial charge in [-0.2, -0.15) is 0 Å². The SMILES string of the molecule is NNC(Cc1cccc(F)c1Cl)c1csc(Br)c1. The molecular weight excluding hydrogens is 339 g/mol. The minimum atomic E-state index is -0.406. The highest BCUT2D eigenvalue weighted by atomic mass is 79.9. The van der Waals surface area contributed by atoms with E-state index in [0.29, 0.717) is 6.42 Å². The van der Waals surface area contributed by atoms with Gasteiger partial charge < -0.3 is 0 Å². The van der Waals surface area contributed by atoms with Crippen LogP contribution < -0.4 is 11.3 Å². The minimum absolute atomic E-state index is 0.0909. The van der Waals surface area contributed by atoms with Gasteiger partial charge in [-0.1, -0.05) is 23.7 Å². The quantitative estimate of drug-likeness (QED) is 0.645. The van der Waals surface area contributed by atoms with Crippen molar-refractivity contribution in [3.63, 3.8) is 0 Å². The maximum atomic E-state index is 13.4. The zero-order chi connectivity index (χ0) is 13.1. The molecule has 1 atom stereocenters. The van der Waals surface area contributed by atoms with Gasteiger partial charge in [-0.05, 0) is 51.0 Å². The van der Waals surface area contributed by atoms with Crippen molar-refractivity contribution < 1.29 is 4.39 Å². The van der Waals surface area contributed by atoms with E-state index in [0.717, 1.165) is 14.9 Å². The van der Waals surface area contributed by atoms with E-state index in [1.807, 2.05) is 11.4 Å². The second kappa shape index (κ2) is 6.12. The van der Waals surface area contributed by atoms with Crippen LogP contribution in [0, 0.1) is 5.82 Å². The van der Waals surface area contributed by atoms with Crippen molar-refractivity contribution in [2.24, 2.45) is 5.84 Å². The van der Waals surface area contributed by atoms with Gasteiger partial charge in [0.05, 0.1) is 14.9 Å². The number of hydrogen-bond acceptors (Lipinski definition) is 3. The number of hydrazine groups is 1. The Labute approximate surface area is 122 Å². The Morgan fingerprint density at radius 3 is 2.89 bits per heavy atom. The fourth-order valence-corrected chi connectivity index (χ4v) is 3.14. The molecule has 0 aliphatic carbocycles. The Morgan fingerprint density at radius 1 is 1.50 bits per heavy atom. The first-order chi connectivity index (χ1) is 8.61. The molecule has 96 valence electrons. The summed E-state index contributed by atoms with van der Waals surface area (Å²) >= 11 is 10.9. The number of halogens is 3.